The standard InChI is InChI=1S/C51H57ClFN7O6/c1-32-48(63)55-43(30-61)49(64)56-51(26-33-10-15-37(52)16-11-33)22-7-23-59(31-51)50(65)42(41-20-14-34-8-5-6-9-40(34)41)25-47(62)60(32)28-36-24-38(53)17-21-45(36)66-39-18-12-35(13-19-39)44-27-54-46(58(44)4)29-57(2)3/h5-6,8-13,15-19,21,24,27,32,41-43,61H,7,14,20,22-23,25-26,28-31H2,1-4H3,(H,55,63)(H,56,64)/t32-,41+,42-,43-,51+/m0/s1. The topological polar surface area (TPSA) is 149 Å². The van der Waals surface area contributed by atoms with Gasteiger partial charge in [0.15, 0.2) is 0 Å². The summed E-state index contributed by atoms with van der Waals surface area (Å²) in [5, 5.41) is 17.0. The van der Waals surface area contributed by atoms with Crippen LogP contribution in [0.2, 0.25) is 5.02 Å². The molecule has 2 saturated heterocycles. The molecule has 346 valence electrons. The predicted octanol–water partition coefficient (Wildman–Crippen LogP) is 6.40. The third-order valence-corrected chi connectivity index (χ3v) is 13.6. The minimum Gasteiger partial charge on any atom is -0.457 e. The van der Waals surface area contributed by atoms with Gasteiger partial charge in [0.25, 0.3) is 0 Å². The molecule has 3 N–H and O–H groups in total. The number of halogens is 2. The van der Waals surface area contributed by atoms with Crippen LogP contribution in [0.4, 0.5) is 4.39 Å². The van der Waals surface area contributed by atoms with Gasteiger partial charge in [-0.15, -0.1) is 0 Å². The summed E-state index contributed by atoms with van der Waals surface area (Å²) < 4.78 is 23.6. The Morgan fingerprint density at radius 2 is 1.73 bits per heavy atom. The first-order chi connectivity index (χ1) is 31.7. The fourth-order valence-electron chi connectivity index (χ4n) is 9.89. The average Bonchev–Trinajstić information content (AvgIpc) is 3.89. The van der Waals surface area contributed by atoms with Crippen molar-refractivity contribution in [1.82, 2.24) is 34.9 Å². The number of rotatable bonds is 11. The van der Waals surface area contributed by atoms with Gasteiger partial charge in [0.1, 0.15) is 35.2 Å². The second kappa shape index (κ2) is 19.8. The first-order valence-corrected chi connectivity index (χ1v) is 22.9. The molecule has 5 atom stereocenters. The van der Waals surface area contributed by atoms with Gasteiger partial charge >= 0.3 is 0 Å². The van der Waals surface area contributed by atoms with Gasteiger partial charge < -0.3 is 39.7 Å². The van der Waals surface area contributed by atoms with Gasteiger partial charge in [0.2, 0.25) is 23.6 Å². The van der Waals surface area contributed by atoms with Gasteiger partial charge in [-0.2, -0.15) is 0 Å². The zero-order valence-electron chi connectivity index (χ0n) is 37.8. The van der Waals surface area contributed by atoms with E-state index in [9.17, 15) is 14.7 Å². The van der Waals surface area contributed by atoms with Crippen molar-refractivity contribution in [3.05, 3.63) is 136 Å². The van der Waals surface area contributed by atoms with Crippen LogP contribution in [0.5, 0.6) is 11.5 Å². The van der Waals surface area contributed by atoms with E-state index >= 15 is 14.0 Å². The van der Waals surface area contributed by atoms with Crippen molar-refractivity contribution >= 4 is 35.2 Å². The van der Waals surface area contributed by atoms with Crippen molar-refractivity contribution in [2.75, 3.05) is 33.8 Å². The van der Waals surface area contributed by atoms with Crippen molar-refractivity contribution in [1.29, 1.82) is 0 Å². The molecule has 0 radical (unpaired) electrons. The van der Waals surface area contributed by atoms with E-state index in [1.807, 2.05) is 79.3 Å². The SMILES string of the molecule is C[C@H]1C(=O)N[C@@H](CO)C(=O)N[C@@]2(Cc3ccc(Cl)cc3)CCCN(C2)C(=O)[C@H]([C@@H]2CCc3ccccc32)CC(=O)N1Cc1cc(F)ccc1Oc1ccc(-c2cnc(CN(C)C)n2C)cc1. The Morgan fingerprint density at radius 1 is 0.970 bits per heavy atom. The highest BCUT2D eigenvalue weighted by molar-refractivity contribution is 6.30. The zero-order chi connectivity index (χ0) is 46.7. The Balaban J connectivity index is 1.13. The molecule has 66 heavy (non-hydrogen) atoms. The molecule has 5 aromatic rings. The van der Waals surface area contributed by atoms with Crippen LogP contribution in [-0.4, -0.2) is 104 Å². The second-order valence-electron chi connectivity index (χ2n) is 18.3. The maximum Gasteiger partial charge on any atom is 0.245 e. The average molecular weight is 919 g/mol. The summed E-state index contributed by atoms with van der Waals surface area (Å²) in [6.45, 7) is 1.78. The molecule has 15 heteroatoms. The van der Waals surface area contributed by atoms with Gasteiger partial charge in [0, 0.05) is 42.7 Å². The number of ether oxygens (including phenoxy) is 1. The Morgan fingerprint density at radius 3 is 2.47 bits per heavy atom. The molecule has 4 amide bonds. The van der Waals surface area contributed by atoms with Crippen molar-refractivity contribution < 1.29 is 33.4 Å². The number of hydrogen-bond acceptors (Lipinski definition) is 8. The Hall–Kier alpha value is -6.09. The number of piperidine rings is 1. The maximum absolute atomic E-state index is 15.2. The first-order valence-electron chi connectivity index (χ1n) is 22.6. The van der Waals surface area contributed by atoms with Crippen LogP contribution in [-0.2, 0) is 52.2 Å². The number of carbonyl (C=O) groups is 4. The molecular weight excluding hydrogens is 861 g/mol. The molecule has 1 aromatic heterocycles. The van der Waals surface area contributed by atoms with Crippen LogP contribution in [0.3, 0.4) is 0 Å². The number of aliphatic hydroxyl groups is 1. The Kier molecular flexibility index (Phi) is 13.9. The quantitative estimate of drug-likeness (QED) is 0.138. The minimum absolute atomic E-state index is 0.149. The zero-order valence-corrected chi connectivity index (χ0v) is 38.6. The van der Waals surface area contributed by atoms with Crippen LogP contribution in [0.1, 0.15) is 66.6 Å². The van der Waals surface area contributed by atoms with Gasteiger partial charge in [-0.05, 0) is 130 Å². The van der Waals surface area contributed by atoms with Crippen LogP contribution in [0, 0.1) is 11.7 Å². The fourth-order valence-corrected chi connectivity index (χ4v) is 10.0. The molecule has 2 fully saturated rings. The van der Waals surface area contributed by atoms with Crippen molar-refractivity contribution in [2.45, 2.75) is 82.1 Å². The van der Waals surface area contributed by atoms with Crippen molar-refractivity contribution in [2.24, 2.45) is 13.0 Å². The number of nitrogens with zero attached hydrogens (tertiary/aromatic N) is 5. The van der Waals surface area contributed by atoms with Crippen LogP contribution < -0.4 is 15.4 Å². The highest BCUT2D eigenvalue weighted by atomic mass is 35.5. The molecule has 1 aliphatic carbocycles. The summed E-state index contributed by atoms with van der Waals surface area (Å²) in [5.41, 5.74) is 4.17. The van der Waals surface area contributed by atoms with Gasteiger partial charge in [-0.3, -0.25) is 19.2 Å². The van der Waals surface area contributed by atoms with Crippen molar-refractivity contribution in [3.63, 3.8) is 0 Å². The second-order valence-corrected chi connectivity index (χ2v) is 18.7. The number of nitrogens with one attached hydrogen (secondary N) is 2. The van der Waals surface area contributed by atoms with E-state index in [0.29, 0.717) is 49.5 Å². The number of aliphatic hydroxyl groups excluding tert-OH is 1. The molecule has 2 bridgehead atoms. The normalized spacial score (nSPS) is 22.8. The summed E-state index contributed by atoms with van der Waals surface area (Å²) in [6.07, 6.45) is 4.43. The molecule has 0 spiro atoms. The Bertz CT molecular complexity index is 2590. The maximum atomic E-state index is 15.2. The number of fused-ring (bicyclic) bond motifs is 3. The molecule has 4 aromatic carbocycles. The van der Waals surface area contributed by atoms with Crippen LogP contribution >= 0.6 is 11.6 Å². The Labute approximate surface area is 389 Å². The van der Waals surface area contributed by atoms with E-state index in [-0.39, 0.29) is 42.6 Å². The molecule has 2 aliphatic heterocycles. The monoisotopic (exact) mass is 917 g/mol. The van der Waals surface area contributed by atoms with E-state index in [1.54, 1.807) is 29.2 Å². The highest BCUT2D eigenvalue weighted by Gasteiger charge is 2.45. The van der Waals surface area contributed by atoms with E-state index in [4.69, 9.17) is 16.3 Å². The summed E-state index contributed by atoms with van der Waals surface area (Å²) in [7, 11) is 5.93. The predicted molar refractivity (Wildman–Crippen MR) is 249 cm³/mol. The summed E-state index contributed by atoms with van der Waals surface area (Å²) in [5.74, 6) is -2.11. The lowest BCUT2D eigenvalue weighted by Gasteiger charge is -2.46. The lowest BCUT2D eigenvalue weighted by molar-refractivity contribution is -0.148. The molecular formula is C51H57ClFN7O6. The molecule has 8 rings (SSSR count). The third kappa shape index (κ3) is 10.2. The van der Waals surface area contributed by atoms with Crippen LogP contribution in [0.25, 0.3) is 11.3 Å². The van der Waals surface area contributed by atoms with Crippen molar-refractivity contribution in [3.8, 4) is 22.8 Å². The minimum atomic E-state index is -1.38. The number of carbonyl (C=O) groups excluding carboxylic acids is 4. The molecule has 13 nitrogen and oxygen atoms in total. The highest BCUT2D eigenvalue weighted by Crippen LogP contribution is 2.42. The molecule has 3 heterocycles. The lowest BCUT2D eigenvalue weighted by Crippen LogP contribution is -2.65. The number of benzene rings is 4. The first kappa shape index (κ1) is 46.4. The van der Waals surface area contributed by atoms with E-state index in [1.165, 1.54) is 30.0 Å². The van der Waals surface area contributed by atoms with Gasteiger partial charge in [-0.1, -0.05) is 48.0 Å². The van der Waals surface area contributed by atoms with Gasteiger partial charge in [-0.25, -0.2) is 9.37 Å². The summed E-state index contributed by atoms with van der Waals surface area (Å²) in [4.78, 5) is 68.5. The largest absolute Gasteiger partial charge is 0.457 e. The lowest BCUT2D eigenvalue weighted by atomic mass is 9.80. The number of hydrogen-bond donors (Lipinski definition) is 3. The molecule has 0 saturated carbocycles. The number of aryl methyl sites for hydroxylation is 1. The fraction of sp³-hybridized carbons (Fsp3) is 0.392. The molecule has 0 unspecified atom stereocenters. The van der Waals surface area contributed by atoms with E-state index in [2.05, 4.69) is 21.7 Å². The van der Waals surface area contributed by atoms with Crippen LogP contribution in [0.15, 0.2) is 97.2 Å². The van der Waals surface area contributed by atoms with E-state index in [0.717, 1.165) is 40.2 Å². The summed E-state index contributed by atoms with van der Waals surface area (Å²) >= 11 is 6.23. The number of amides is 4. The summed E-state index contributed by atoms with van der Waals surface area (Å²) in [6, 6.07) is 24.1. The van der Waals surface area contributed by atoms with Gasteiger partial charge in [0.05, 0.1) is 43.0 Å². The number of aromatic nitrogens is 2. The molecule has 3 aliphatic rings. The third-order valence-electron chi connectivity index (χ3n) is 13.4. The smallest absolute Gasteiger partial charge is 0.245 e. The number of imidazole rings is 1. The van der Waals surface area contributed by atoms with E-state index < -0.39 is 53.7 Å².